The third-order valence-electron chi connectivity index (χ3n) is 5.75. The molecule has 0 aliphatic rings. The number of nitrogens with zero attached hydrogens (tertiary/aromatic N) is 2. The first kappa shape index (κ1) is 28.0. The van der Waals surface area contributed by atoms with Crippen molar-refractivity contribution in [2.45, 2.75) is 31.3 Å². The summed E-state index contributed by atoms with van der Waals surface area (Å²) in [4.78, 5) is 27.9. The van der Waals surface area contributed by atoms with Crippen molar-refractivity contribution in [3.05, 3.63) is 89.4 Å². The molecule has 3 rings (SSSR count). The lowest BCUT2D eigenvalue weighted by Gasteiger charge is -2.32. The van der Waals surface area contributed by atoms with E-state index in [0.29, 0.717) is 17.3 Å². The van der Waals surface area contributed by atoms with E-state index in [1.54, 1.807) is 80.6 Å². The summed E-state index contributed by atoms with van der Waals surface area (Å²) in [5.74, 6) is -0.336. The minimum Gasteiger partial charge on any atom is -0.497 e. The minimum absolute atomic E-state index is 0.0413. The van der Waals surface area contributed by atoms with Gasteiger partial charge in [0.1, 0.15) is 18.3 Å². The van der Waals surface area contributed by atoms with Crippen LogP contribution in [0.3, 0.4) is 0 Å². The fourth-order valence-electron chi connectivity index (χ4n) is 3.69. The first-order chi connectivity index (χ1) is 17.7. The number of benzene rings is 3. The molecule has 1 atom stereocenters. The third-order valence-corrected chi connectivity index (χ3v) is 7.80. The predicted molar refractivity (Wildman–Crippen MR) is 144 cm³/mol. The zero-order valence-electron chi connectivity index (χ0n) is 20.9. The molecular weight excluding hydrogens is 514 g/mol. The normalized spacial score (nSPS) is 11.9. The van der Waals surface area contributed by atoms with E-state index < -0.39 is 28.5 Å². The minimum atomic E-state index is -4.11. The number of hydrogen-bond donors (Lipinski definition) is 1. The Kier molecular flexibility index (Phi) is 9.54. The Morgan fingerprint density at radius 2 is 1.59 bits per heavy atom. The van der Waals surface area contributed by atoms with Gasteiger partial charge in [0.15, 0.2) is 0 Å². The lowest BCUT2D eigenvalue weighted by atomic mass is 10.1. The zero-order chi connectivity index (χ0) is 27.0. The van der Waals surface area contributed by atoms with Crippen LogP contribution in [0.25, 0.3) is 0 Å². The van der Waals surface area contributed by atoms with Crippen molar-refractivity contribution in [1.82, 2.24) is 10.2 Å². The van der Waals surface area contributed by atoms with E-state index >= 15 is 0 Å². The van der Waals surface area contributed by atoms with Crippen LogP contribution < -0.4 is 14.4 Å². The van der Waals surface area contributed by atoms with E-state index in [2.05, 4.69) is 5.32 Å². The average Bonchev–Trinajstić information content (AvgIpc) is 2.91. The monoisotopic (exact) mass is 543 g/mol. The summed E-state index contributed by atoms with van der Waals surface area (Å²) in [5, 5.41) is 3.27. The Morgan fingerprint density at radius 1 is 0.973 bits per heavy atom. The molecule has 0 aromatic heterocycles. The highest BCUT2D eigenvalue weighted by atomic mass is 35.5. The van der Waals surface area contributed by atoms with Gasteiger partial charge >= 0.3 is 0 Å². The van der Waals surface area contributed by atoms with Crippen LogP contribution in [0, 0.1) is 0 Å². The van der Waals surface area contributed by atoms with Gasteiger partial charge in [-0.2, -0.15) is 0 Å². The number of carbonyl (C=O) groups is 2. The number of hydrogen-bond acceptors (Lipinski definition) is 5. The maximum absolute atomic E-state index is 13.7. The van der Waals surface area contributed by atoms with E-state index in [4.69, 9.17) is 16.3 Å². The molecule has 8 nitrogen and oxygen atoms in total. The highest BCUT2D eigenvalue weighted by Crippen LogP contribution is 2.26. The molecule has 0 saturated heterocycles. The molecule has 0 saturated carbocycles. The van der Waals surface area contributed by atoms with Crippen molar-refractivity contribution in [1.29, 1.82) is 0 Å². The Morgan fingerprint density at radius 3 is 2.16 bits per heavy atom. The molecule has 2 amide bonds. The molecule has 0 aliphatic carbocycles. The summed E-state index contributed by atoms with van der Waals surface area (Å²) in [6.07, 6.45) is 0. The fraction of sp³-hybridized carbons (Fsp3) is 0.259. The lowest BCUT2D eigenvalue weighted by Crippen LogP contribution is -2.51. The Bertz CT molecular complexity index is 1300. The first-order valence-electron chi connectivity index (χ1n) is 11.7. The van der Waals surface area contributed by atoms with Crippen molar-refractivity contribution in [2.24, 2.45) is 0 Å². The van der Waals surface area contributed by atoms with E-state index in [1.807, 2.05) is 0 Å². The molecular formula is C27H30ClN3O5S. The Labute approximate surface area is 222 Å². The van der Waals surface area contributed by atoms with Gasteiger partial charge in [-0.25, -0.2) is 8.42 Å². The van der Waals surface area contributed by atoms with Crippen molar-refractivity contribution in [3.63, 3.8) is 0 Å². The second kappa shape index (κ2) is 12.6. The van der Waals surface area contributed by atoms with Crippen LogP contribution in [0.15, 0.2) is 83.8 Å². The summed E-state index contributed by atoms with van der Waals surface area (Å²) < 4.78 is 33.6. The molecule has 0 radical (unpaired) electrons. The summed E-state index contributed by atoms with van der Waals surface area (Å²) in [7, 11) is -2.60. The molecule has 3 aromatic carbocycles. The molecule has 37 heavy (non-hydrogen) atoms. The fourth-order valence-corrected chi connectivity index (χ4v) is 5.25. The summed E-state index contributed by atoms with van der Waals surface area (Å²) in [6.45, 7) is 3.37. The van der Waals surface area contributed by atoms with Crippen LogP contribution in [0.5, 0.6) is 5.75 Å². The molecule has 0 heterocycles. The Balaban J connectivity index is 2.01. The van der Waals surface area contributed by atoms with E-state index in [-0.39, 0.29) is 23.0 Å². The number of carbonyl (C=O) groups excluding carboxylic acids is 2. The number of sulfonamides is 1. The number of halogens is 1. The van der Waals surface area contributed by atoms with Gasteiger partial charge in [-0.05, 0) is 67.9 Å². The molecule has 196 valence electrons. The molecule has 0 unspecified atom stereocenters. The zero-order valence-corrected chi connectivity index (χ0v) is 22.5. The van der Waals surface area contributed by atoms with Gasteiger partial charge in [0, 0.05) is 18.1 Å². The van der Waals surface area contributed by atoms with Gasteiger partial charge in [-0.3, -0.25) is 13.9 Å². The van der Waals surface area contributed by atoms with Crippen molar-refractivity contribution in [2.75, 3.05) is 24.5 Å². The molecule has 1 N–H and O–H groups in total. The van der Waals surface area contributed by atoms with Crippen LogP contribution in [-0.2, 0) is 26.2 Å². The van der Waals surface area contributed by atoms with Gasteiger partial charge in [-0.15, -0.1) is 0 Å². The second-order valence-corrected chi connectivity index (χ2v) is 10.5. The molecule has 0 spiro atoms. The van der Waals surface area contributed by atoms with Crippen molar-refractivity contribution < 1.29 is 22.7 Å². The third kappa shape index (κ3) is 7.02. The van der Waals surface area contributed by atoms with E-state index in [9.17, 15) is 18.0 Å². The van der Waals surface area contributed by atoms with Crippen molar-refractivity contribution in [3.8, 4) is 5.75 Å². The quantitative estimate of drug-likeness (QED) is 0.393. The highest BCUT2D eigenvalue weighted by Gasteiger charge is 2.32. The summed E-state index contributed by atoms with van der Waals surface area (Å²) in [6, 6.07) is 20.3. The molecule has 0 aliphatic heterocycles. The van der Waals surface area contributed by atoms with Crippen molar-refractivity contribution >= 4 is 39.1 Å². The highest BCUT2D eigenvalue weighted by molar-refractivity contribution is 7.92. The van der Waals surface area contributed by atoms with E-state index in [1.165, 1.54) is 24.1 Å². The van der Waals surface area contributed by atoms with Crippen LogP contribution in [0.1, 0.15) is 19.4 Å². The maximum atomic E-state index is 13.7. The predicted octanol–water partition coefficient (Wildman–Crippen LogP) is 4.10. The van der Waals surface area contributed by atoms with Crippen LogP contribution in [0.4, 0.5) is 5.69 Å². The van der Waals surface area contributed by atoms with Gasteiger partial charge in [0.25, 0.3) is 10.0 Å². The van der Waals surface area contributed by atoms with E-state index in [0.717, 1.165) is 9.87 Å². The number of nitrogens with one attached hydrogen (secondary N) is 1. The topological polar surface area (TPSA) is 96.0 Å². The summed E-state index contributed by atoms with van der Waals surface area (Å²) in [5.41, 5.74) is 1.03. The van der Waals surface area contributed by atoms with Crippen LogP contribution in [0.2, 0.25) is 5.02 Å². The number of methoxy groups -OCH3 is 1. The molecule has 3 aromatic rings. The van der Waals surface area contributed by atoms with Crippen LogP contribution >= 0.6 is 11.6 Å². The van der Waals surface area contributed by atoms with Crippen LogP contribution in [-0.4, -0.2) is 51.4 Å². The lowest BCUT2D eigenvalue weighted by molar-refractivity contribution is -0.139. The van der Waals surface area contributed by atoms with Gasteiger partial charge in [-0.1, -0.05) is 41.9 Å². The largest absolute Gasteiger partial charge is 0.497 e. The van der Waals surface area contributed by atoms with Gasteiger partial charge < -0.3 is 15.0 Å². The number of anilines is 1. The number of ether oxygens (including phenoxy) is 1. The van der Waals surface area contributed by atoms with Gasteiger partial charge in [0.05, 0.1) is 17.7 Å². The Hall–Kier alpha value is -3.56. The second-order valence-electron chi connectivity index (χ2n) is 8.24. The number of likely N-dealkylation sites (N-methyl/N-ethyl adjacent to an activating group) is 1. The SMILES string of the molecule is CCNC(=O)[C@@H](C)N(Cc1ccc(Cl)cc1)C(=O)CN(c1ccc(OC)cc1)S(=O)(=O)c1ccccc1. The smallest absolute Gasteiger partial charge is 0.264 e. The molecule has 0 fully saturated rings. The van der Waals surface area contributed by atoms with Gasteiger partial charge in [0.2, 0.25) is 11.8 Å². The summed E-state index contributed by atoms with van der Waals surface area (Å²) >= 11 is 6.00. The maximum Gasteiger partial charge on any atom is 0.264 e. The first-order valence-corrected chi connectivity index (χ1v) is 13.5. The number of amides is 2. The molecule has 10 heteroatoms. The average molecular weight is 544 g/mol. The standard InChI is InChI=1S/C27H30ClN3O5S/c1-4-29-27(33)20(2)30(18-21-10-12-22(28)13-11-21)26(32)19-31(23-14-16-24(36-3)17-15-23)37(34,35)25-8-6-5-7-9-25/h5-17,20H,4,18-19H2,1-3H3,(H,29,33)/t20-/m1/s1. The number of rotatable bonds is 11. The molecule has 0 bridgehead atoms.